The van der Waals surface area contributed by atoms with Gasteiger partial charge < -0.3 is 4.57 Å². The Hall–Kier alpha value is -1.90. The molecule has 0 saturated heterocycles. The van der Waals surface area contributed by atoms with Gasteiger partial charge in [0.2, 0.25) is 0 Å². The van der Waals surface area contributed by atoms with Crippen LogP contribution in [0.25, 0.3) is 11.3 Å². The minimum absolute atomic E-state index is 0.601. The van der Waals surface area contributed by atoms with Gasteiger partial charge in [0, 0.05) is 42.5 Å². The van der Waals surface area contributed by atoms with Gasteiger partial charge in [0.15, 0.2) is 6.29 Å². The summed E-state index contributed by atoms with van der Waals surface area (Å²) in [4.78, 5) is 14.6. The molecule has 0 atom stereocenters. The average Bonchev–Trinajstić information content (AvgIpc) is 2.65. The van der Waals surface area contributed by atoms with Crippen molar-refractivity contribution in [1.82, 2.24) is 9.55 Å². The van der Waals surface area contributed by atoms with Gasteiger partial charge in [-0.25, -0.2) is 0 Å². The number of carbonyl (C=O) groups is 1. The molecule has 0 spiro atoms. The Balaban J connectivity index is 2.52. The normalized spacial score (nSPS) is 10.1. The van der Waals surface area contributed by atoms with Crippen LogP contribution in [0.5, 0.6) is 0 Å². The molecule has 2 rings (SSSR count). The standard InChI is InChI=1S/C11H10N2O/c1-13-4-2-3-11(13)10-5-9(8-14)6-12-7-10/h2-8H,1H3. The molecule has 70 valence electrons. The molecule has 2 heterocycles. The van der Waals surface area contributed by atoms with Crippen LogP contribution in [-0.2, 0) is 7.05 Å². The predicted molar refractivity (Wildman–Crippen MR) is 54.0 cm³/mol. The summed E-state index contributed by atoms with van der Waals surface area (Å²) in [7, 11) is 1.96. The van der Waals surface area contributed by atoms with Gasteiger partial charge in [0.25, 0.3) is 0 Å². The summed E-state index contributed by atoms with van der Waals surface area (Å²) in [6, 6.07) is 5.78. The second-order valence-electron chi connectivity index (χ2n) is 3.13. The summed E-state index contributed by atoms with van der Waals surface area (Å²) < 4.78 is 1.99. The molecule has 0 N–H and O–H groups in total. The minimum atomic E-state index is 0.601. The number of nitrogens with zero attached hydrogens (tertiary/aromatic N) is 2. The number of pyridine rings is 1. The average molecular weight is 186 g/mol. The summed E-state index contributed by atoms with van der Waals surface area (Å²) >= 11 is 0. The fraction of sp³-hybridized carbons (Fsp3) is 0.0909. The largest absolute Gasteiger partial charge is 0.351 e. The molecule has 0 aliphatic rings. The first-order valence-corrected chi connectivity index (χ1v) is 4.33. The molecule has 0 aliphatic carbocycles. The lowest BCUT2D eigenvalue weighted by molar-refractivity contribution is 0.112. The van der Waals surface area contributed by atoms with E-state index in [2.05, 4.69) is 4.98 Å². The maximum atomic E-state index is 10.6. The van der Waals surface area contributed by atoms with E-state index in [1.807, 2.05) is 36.0 Å². The van der Waals surface area contributed by atoms with Gasteiger partial charge >= 0.3 is 0 Å². The molecule has 0 bridgehead atoms. The van der Waals surface area contributed by atoms with Crippen LogP contribution >= 0.6 is 0 Å². The smallest absolute Gasteiger partial charge is 0.151 e. The molecule has 0 unspecified atom stereocenters. The predicted octanol–water partition coefficient (Wildman–Crippen LogP) is 1.90. The van der Waals surface area contributed by atoms with Crippen LogP contribution < -0.4 is 0 Å². The zero-order valence-corrected chi connectivity index (χ0v) is 7.84. The number of rotatable bonds is 2. The molecule has 0 aliphatic heterocycles. The first kappa shape index (κ1) is 8.69. The lowest BCUT2D eigenvalue weighted by Crippen LogP contribution is -1.91. The van der Waals surface area contributed by atoms with Crippen LogP contribution in [0.1, 0.15) is 10.4 Å². The van der Waals surface area contributed by atoms with Gasteiger partial charge in [-0.3, -0.25) is 9.78 Å². The highest BCUT2D eigenvalue weighted by atomic mass is 16.1. The van der Waals surface area contributed by atoms with E-state index in [4.69, 9.17) is 0 Å². The van der Waals surface area contributed by atoms with E-state index in [1.54, 1.807) is 12.4 Å². The number of hydrogen-bond acceptors (Lipinski definition) is 2. The summed E-state index contributed by atoms with van der Waals surface area (Å²) in [6.07, 6.45) is 6.07. The van der Waals surface area contributed by atoms with Crippen molar-refractivity contribution in [2.75, 3.05) is 0 Å². The van der Waals surface area contributed by atoms with Crippen molar-refractivity contribution < 1.29 is 4.79 Å². The van der Waals surface area contributed by atoms with Crippen molar-refractivity contribution in [3.63, 3.8) is 0 Å². The molecule has 0 saturated carbocycles. The summed E-state index contributed by atoms with van der Waals surface area (Å²) in [6.45, 7) is 0. The van der Waals surface area contributed by atoms with Crippen molar-refractivity contribution >= 4 is 6.29 Å². The van der Waals surface area contributed by atoms with Gasteiger partial charge in [0.1, 0.15) is 0 Å². The highest BCUT2D eigenvalue weighted by Gasteiger charge is 2.01. The maximum Gasteiger partial charge on any atom is 0.151 e. The second kappa shape index (κ2) is 3.46. The van der Waals surface area contributed by atoms with E-state index in [9.17, 15) is 4.79 Å². The van der Waals surface area contributed by atoms with Crippen LogP contribution in [0.4, 0.5) is 0 Å². The van der Waals surface area contributed by atoms with E-state index in [1.165, 1.54) is 0 Å². The van der Waals surface area contributed by atoms with E-state index >= 15 is 0 Å². The lowest BCUT2D eigenvalue weighted by atomic mass is 10.1. The Morgan fingerprint density at radius 3 is 2.93 bits per heavy atom. The van der Waals surface area contributed by atoms with Gasteiger partial charge in [-0.1, -0.05) is 0 Å². The molecule has 14 heavy (non-hydrogen) atoms. The SMILES string of the molecule is Cn1cccc1-c1cncc(C=O)c1. The summed E-state index contributed by atoms with van der Waals surface area (Å²) in [5.41, 5.74) is 2.62. The van der Waals surface area contributed by atoms with Crippen molar-refractivity contribution in [1.29, 1.82) is 0 Å². The number of aryl methyl sites for hydroxylation is 1. The topological polar surface area (TPSA) is 34.9 Å². The first-order valence-electron chi connectivity index (χ1n) is 4.33. The Morgan fingerprint density at radius 1 is 1.43 bits per heavy atom. The molecule has 0 aromatic carbocycles. The van der Waals surface area contributed by atoms with Crippen molar-refractivity contribution in [3.8, 4) is 11.3 Å². The van der Waals surface area contributed by atoms with Crippen LogP contribution in [-0.4, -0.2) is 15.8 Å². The highest BCUT2D eigenvalue weighted by Crippen LogP contribution is 2.18. The van der Waals surface area contributed by atoms with E-state index in [0.717, 1.165) is 17.5 Å². The lowest BCUT2D eigenvalue weighted by Gasteiger charge is -2.02. The molecule has 0 fully saturated rings. The van der Waals surface area contributed by atoms with Crippen molar-refractivity contribution in [2.45, 2.75) is 0 Å². The zero-order valence-electron chi connectivity index (χ0n) is 7.84. The van der Waals surface area contributed by atoms with E-state index in [0.29, 0.717) is 5.56 Å². The van der Waals surface area contributed by atoms with Crippen LogP contribution in [0.3, 0.4) is 0 Å². The Kier molecular flexibility index (Phi) is 2.14. The molecule has 2 aromatic heterocycles. The van der Waals surface area contributed by atoms with E-state index < -0.39 is 0 Å². The third-order valence-electron chi connectivity index (χ3n) is 2.14. The Morgan fingerprint density at radius 2 is 2.29 bits per heavy atom. The quantitative estimate of drug-likeness (QED) is 0.671. The summed E-state index contributed by atoms with van der Waals surface area (Å²) in [5.74, 6) is 0. The second-order valence-corrected chi connectivity index (χ2v) is 3.13. The van der Waals surface area contributed by atoms with Crippen LogP contribution in [0, 0.1) is 0 Å². The van der Waals surface area contributed by atoms with Crippen LogP contribution in [0.2, 0.25) is 0 Å². The third-order valence-corrected chi connectivity index (χ3v) is 2.14. The van der Waals surface area contributed by atoms with Crippen LogP contribution in [0.15, 0.2) is 36.8 Å². The van der Waals surface area contributed by atoms with Crippen molar-refractivity contribution in [2.24, 2.45) is 7.05 Å². The monoisotopic (exact) mass is 186 g/mol. The zero-order chi connectivity index (χ0) is 9.97. The number of carbonyl (C=O) groups excluding carboxylic acids is 1. The van der Waals surface area contributed by atoms with Gasteiger partial charge in [-0.2, -0.15) is 0 Å². The first-order chi connectivity index (χ1) is 6.81. The van der Waals surface area contributed by atoms with Gasteiger partial charge in [-0.15, -0.1) is 0 Å². The van der Waals surface area contributed by atoms with Gasteiger partial charge in [0.05, 0.1) is 0 Å². The maximum absolute atomic E-state index is 10.6. The third kappa shape index (κ3) is 1.44. The molecular weight excluding hydrogens is 176 g/mol. The number of aromatic nitrogens is 2. The Bertz CT molecular complexity index is 460. The molecule has 0 radical (unpaired) electrons. The molecular formula is C11H10N2O. The Labute approximate surface area is 82.0 Å². The summed E-state index contributed by atoms with van der Waals surface area (Å²) in [5, 5.41) is 0. The molecule has 3 nitrogen and oxygen atoms in total. The fourth-order valence-corrected chi connectivity index (χ4v) is 1.42. The minimum Gasteiger partial charge on any atom is -0.351 e. The highest BCUT2D eigenvalue weighted by molar-refractivity contribution is 5.77. The number of aldehydes is 1. The molecule has 3 heteroatoms. The molecule has 0 amide bonds. The van der Waals surface area contributed by atoms with Gasteiger partial charge in [-0.05, 0) is 18.2 Å². The van der Waals surface area contributed by atoms with E-state index in [-0.39, 0.29) is 0 Å². The fourth-order valence-electron chi connectivity index (χ4n) is 1.42. The number of hydrogen-bond donors (Lipinski definition) is 0. The molecule has 2 aromatic rings. The van der Waals surface area contributed by atoms with Crippen molar-refractivity contribution in [3.05, 3.63) is 42.4 Å².